The maximum atomic E-state index is 5.36. The van der Waals surface area contributed by atoms with Crippen LogP contribution in [0, 0.1) is 0 Å². The van der Waals surface area contributed by atoms with Crippen molar-refractivity contribution in [1.82, 2.24) is 14.5 Å². The summed E-state index contributed by atoms with van der Waals surface area (Å²) in [5, 5.41) is 3.52. The Hall–Kier alpha value is -5.02. The van der Waals surface area contributed by atoms with Gasteiger partial charge in [0, 0.05) is 32.6 Å². The SMILES string of the molecule is CC1(C)C2=C(c3ccccc31)C(C)(C)c1c2ccc2c3ccccc3n(-c3nc(-c4ccccc4)c4ccccc4n3)c12. The molecule has 0 spiro atoms. The molecule has 0 bridgehead atoms. The van der Waals surface area contributed by atoms with E-state index in [1.807, 2.05) is 0 Å². The smallest absolute Gasteiger partial charge is 0.235 e. The Morgan fingerprint density at radius 2 is 1.21 bits per heavy atom. The van der Waals surface area contributed by atoms with Gasteiger partial charge in [-0.2, -0.15) is 0 Å². The van der Waals surface area contributed by atoms with Gasteiger partial charge in [-0.05, 0) is 45.5 Å². The van der Waals surface area contributed by atoms with Crippen molar-refractivity contribution in [2.24, 2.45) is 0 Å². The molecule has 0 saturated heterocycles. The van der Waals surface area contributed by atoms with Gasteiger partial charge in [0.05, 0.1) is 22.2 Å². The minimum absolute atomic E-state index is 0.0844. The predicted molar refractivity (Wildman–Crippen MR) is 179 cm³/mol. The van der Waals surface area contributed by atoms with Crippen LogP contribution in [0.5, 0.6) is 0 Å². The van der Waals surface area contributed by atoms with Crippen LogP contribution in [0.3, 0.4) is 0 Å². The summed E-state index contributed by atoms with van der Waals surface area (Å²) in [4.78, 5) is 10.6. The van der Waals surface area contributed by atoms with Crippen LogP contribution in [-0.2, 0) is 10.8 Å². The van der Waals surface area contributed by atoms with Crippen molar-refractivity contribution in [3.05, 3.63) is 138 Å². The highest BCUT2D eigenvalue weighted by molar-refractivity contribution is 6.17. The van der Waals surface area contributed by atoms with Gasteiger partial charge in [0.15, 0.2) is 0 Å². The first-order valence-electron chi connectivity index (χ1n) is 15.1. The van der Waals surface area contributed by atoms with Crippen molar-refractivity contribution in [3.63, 3.8) is 0 Å². The predicted octanol–water partition coefficient (Wildman–Crippen LogP) is 9.89. The second-order valence-corrected chi connectivity index (χ2v) is 13.0. The fraction of sp³-hybridized carbons (Fsp3) is 0.150. The van der Waals surface area contributed by atoms with E-state index < -0.39 is 0 Å². The normalized spacial score (nSPS) is 16.2. The van der Waals surface area contributed by atoms with Gasteiger partial charge in [-0.25, -0.2) is 9.97 Å². The molecule has 9 rings (SSSR count). The molecule has 0 fully saturated rings. The monoisotopic (exact) mass is 553 g/mol. The topological polar surface area (TPSA) is 30.7 Å². The molecule has 0 aliphatic heterocycles. The zero-order valence-electron chi connectivity index (χ0n) is 24.8. The van der Waals surface area contributed by atoms with E-state index >= 15 is 0 Å². The third-order valence-corrected chi connectivity index (χ3v) is 9.94. The summed E-state index contributed by atoms with van der Waals surface area (Å²) < 4.78 is 2.34. The van der Waals surface area contributed by atoms with Crippen molar-refractivity contribution in [2.45, 2.75) is 38.5 Å². The first-order chi connectivity index (χ1) is 20.9. The number of rotatable bonds is 2. The first kappa shape index (κ1) is 24.6. The zero-order valence-corrected chi connectivity index (χ0v) is 24.8. The molecular weight excluding hydrogens is 522 g/mol. The summed E-state index contributed by atoms with van der Waals surface area (Å²) in [7, 11) is 0. The molecule has 2 heterocycles. The van der Waals surface area contributed by atoms with E-state index in [0.29, 0.717) is 5.95 Å². The van der Waals surface area contributed by atoms with Crippen LogP contribution >= 0.6 is 0 Å². The Labute approximate surface area is 251 Å². The summed E-state index contributed by atoms with van der Waals surface area (Å²) in [6, 6.07) is 41.3. The van der Waals surface area contributed by atoms with Crippen LogP contribution in [0.25, 0.3) is 61.1 Å². The summed E-state index contributed by atoms with van der Waals surface area (Å²) in [6.07, 6.45) is 0. The molecule has 0 atom stereocenters. The molecule has 2 aliphatic rings. The van der Waals surface area contributed by atoms with Crippen molar-refractivity contribution >= 4 is 43.9 Å². The molecule has 0 radical (unpaired) electrons. The number of benzene rings is 5. The van der Waals surface area contributed by atoms with E-state index in [4.69, 9.17) is 9.97 Å². The minimum atomic E-state index is -0.209. The molecule has 5 aromatic carbocycles. The van der Waals surface area contributed by atoms with Gasteiger partial charge >= 0.3 is 0 Å². The molecule has 43 heavy (non-hydrogen) atoms. The quantitative estimate of drug-likeness (QED) is 0.213. The number of aromatic nitrogens is 3. The third-order valence-electron chi connectivity index (χ3n) is 9.94. The lowest BCUT2D eigenvalue weighted by molar-refractivity contribution is 0.696. The average molecular weight is 554 g/mol. The molecular formula is C40H31N3. The van der Waals surface area contributed by atoms with Crippen LogP contribution in [0.15, 0.2) is 115 Å². The van der Waals surface area contributed by atoms with Gasteiger partial charge in [0.2, 0.25) is 5.95 Å². The van der Waals surface area contributed by atoms with Crippen molar-refractivity contribution < 1.29 is 0 Å². The van der Waals surface area contributed by atoms with Crippen molar-refractivity contribution in [2.75, 3.05) is 0 Å². The Morgan fingerprint density at radius 3 is 2.05 bits per heavy atom. The van der Waals surface area contributed by atoms with Crippen LogP contribution in [-0.4, -0.2) is 14.5 Å². The molecule has 3 nitrogen and oxygen atoms in total. The fourth-order valence-electron chi connectivity index (χ4n) is 8.16. The average Bonchev–Trinajstić information content (AvgIpc) is 3.59. The van der Waals surface area contributed by atoms with Gasteiger partial charge < -0.3 is 0 Å². The lowest BCUT2D eigenvalue weighted by Gasteiger charge is -2.29. The Balaban J connectivity index is 1.42. The molecule has 0 amide bonds. The molecule has 0 unspecified atom stereocenters. The fourth-order valence-corrected chi connectivity index (χ4v) is 8.16. The summed E-state index contributed by atoms with van der Waals surface area (Å²) in [5.41, 5.74) is 13.5. The largest absolute Gasteiger partial charge is 0.278 e. The van der Waals surface area contributed by atoms with E-state index in [-0.39, 0.29) is 10.8 Å². The second-order valence-electron chi connectivity index (χ2n) is 13.0. The zero-order chi connectivity index (χ0) is 29.1. The number of fused-ring (bicyclic) bond motifs is 9. The van der Waals surface area contributed by atoms with E-state index in [2.05, 4.69) is 148 Å². The van der Waals surface area contributed by atoms with Gasteiger partial charge in [0.25, 0.3) is 0 Å². The van der Waals surface area contributed by atoms with Crippen LogP contribution in [0.2, 0.25) is 0 Å². The Kier molecular flexibility index (Phi) is 4.74. The highest BCUT2D eigenvalue weighted by Gasteiger charge is 2.50. The molecule has 2 aliphatic carbocycles. The maximum Gasteiger partial charge on any atom is 0.235 e. The molecule has 3 heteroatoms. The van der Waals surface area contributed by atoms with E-state index in [1.54, 1.807) is 0 Å². The van der Waals surface area contributed by atoms with Gasteiger partial charge in [-0.1, -0.05) is 131 Å². The Bertz CT molecular complexity index is 2330. The summed E-state index contributed by atoms with van der Waals surface area (Å²) >= 11 is 0. The van der Waals surface area contributed by atoms with E-state index in [1.165, 1.54) is 49.7 Å². The number of hydrogen-bond donors (Lipinski definition) is 0. The molecule has 0 saturated carbocycles. The number of nitrogens with zero attached hydrogens (tertiary/aromatic N) is 3. The second kappa shape index (κ2) is 8.29. The minimum Gasteiger partial charge on any atom is -0.278 e. The highest BCUT2D eigenvalue weighted by Crippen LogP contribution is 2.63. The lowest BCUT2D eigenvalue weighted by atomic mass is 9.75. The van der Waals surface area contributed by atoms with Crippen LogP contribution in [0.4, 0.5) is 0 Å². The van der Waals surface area contributed by atoms with E-state index in [0.717, 1.165) is 27.7 Å². The van der Waals surface area contributed by atoms with Crippen LogP contribution in [0.1, 0.15) is 49.9 Å². The van der Waals surface area contributed by atoms with Crippen LogP contribution < -0.4 is 0 Å². The molecule has 206 valence electrons. The van der Waals surface area contributed by atoms with Gasteiger partial charge in [-0.3, -0.25) is 4.57 Å². The summed E-state index contributed by atoms with van der Waals surface area (Å²) in [5.74, 6) is 0.708. The lowest BCUT2D eigenvalue weighted by Crippen LogP contribution is -2.20. The number of para-hydroxylation sites is 2. The molecule has 2 aromatic heterocycles. The standard InChI is InChI=1S/C40H31N3/c1-39(2)30-19-11-8-17-27(30)33-34(39)29-23-22-26-25-16-10-13-21-32(25)43(37(26)35(29)40(33,3)4)38-41-31-20-12-9-18-28(31)36(42-38)24-14-6-5-7-15-24/h5-23H,1-4H3. The van der Waals surface area contributed by atoms with Crippen molar-refractivity contribution in [3.8, 4) is 17.2 Å². The number of allylic oxidation sites excluding steroid dienone is 2. The molecule has 7 aromatic rings. The number of hydrogen-bond acceptors (Lipinski definition) is 2. The van der Waals surface area contributed by atoms with Gasteiger partial charge in [-0.15, -0.1) is 0 Å². The maximum absolute atomic E-state index is 5.36. The summed E-state index contributed by atoms with van der Waals surface area (Å²) in [6.45, 7) is 9.59. The third kappa shape index (κ3) is 3.09. The van der Waals surface area contributed by atoms with E-state index in [9.17, 15) is 0 Å². The van der Waals surface area contributed by atoms with Crippen molar-refractivity contribution in [1.29, 1.82) is 0 Å². The van der Waals surface area contributed by atoms with Gasteiger partial charge in [0.1, 0.15) is 0 Å². The first-order valence-corrected chi connectivity index (χ1v) is 15.1. The Morgan fingerprint density at radius 1 is 0.535 bits per heavy atom. The molecule has 0 N–H and O–H groups in total. The highest BCUT2D eigenvalue weighted by atomic mass is 15.2.